The first kappa shape index (κ1) is 15.6. The minimum absolute atomic E-state index is 0.0308. The number of hydrogen-bond donors (Lipinski definition) is 1. The maximum atomic E-state index is 13.4. The molecule has 3 rings (SSSR count). The molecule has 122 valence electrons. The van der Waals surface area contributed by atoms with Crippen LogP contribution in [0.3, 0.4) is 0 Å². The summed E-state index contributed by atoms with van der Waals surface area (Å²) in [6.07, 6.45) is 0.0441. The highest BCUT2D eigenvalue weighted by Gasteiger charge is 2.35. The van der Waals surface area contributed by atoms with E-state index in [0.717, 1.165) is 6.07 Å². The van der Waals surface area contributed by atoms with Crippen molar-refractivity contribution in [3.8, 4) is 0 Å². The molecule has 2 heterocycles. The highest BCUT2D eigenvalue weighted by molar-refractivity contribution is 5.71. The molecular formula is C15H15F3N4O. The van der Waals surface area contributed by atoms with Gasteiger partial charge in [-0.3, -0.25) is 5.84 Å². The molecule has 1 aliphatic heterocycles. The van der Waals surface area contributed by atoms with E-state index in [0.29, 0.717) is 24.6 Å². The van der Waals surface area contributed by atoms with E-state index in [2.05, 4.69) is 4.98 Å². The number of hydrazine groups is 1. The first-order valence-electron chi connectivity index (χ1n) is 6.97. The molecule has 0 saturated carbocycles. The number of nitrogens with zero attached hydrogens (tertiary/aromatic N) is 3. The number of halogens is 3. The summed E-state index contributed by atoms with van der Waals surface area (Å²) in [5.41, 5.74) is -0.400. The average molecular weight is 324 g/mol. The van der Waals surface area contributed by atoms with Crippen molar-refractivity contribution in [2.24, 2.45) is 5.84 Å². The lowest BCUT2D eigenvalue weighted by atomic mass is 10.0. The predicted molar refractivity (Wildman–Crippen MR) is 77.7 cm³/mol. The summed E-state index contributed by atoms with van der Waals surface area (Å²) < 4.78 is 47.2. The van der Waals surface area contributed by atoms with Crippen molar-refractivity contribution in [1.29, 1.82) is 0 Å². The lowest BCUT2D eigenvalue weighted by Gasteiger charge is -2.28. The van der Waals surface area contributed by atoms with Crippen LogP contribution in [-0.4, -0.2) is 34.3 Å². The van der Waals surface area contributed by atoms with Crippen LogP contribution in [0.4, 0.5) is 13.2 Å². The van der Waals surface area contributed by atoms with Gasteiger partial charge < -0.3 is 9.30 Å². The van der Waals surface area contributed by atoms with Gasteiger partial charge in [0.1, 0.15) is 12.4 Å². The van der Waals surface area contributed by atoms with Gasteiger partial charge in [-0.15, -0.1) is 0 Å². The van der Waals surface area contributed by atoms with Crippen LogP contribution < -0.4 is 5.84 Å². The Labute approximate surface area is 130 Å². The zero-order chi connectivity index (χ0) is 16.4. The molecule has 2 aromatic rings. The van der Waals surface area contributed by atoms with Crippen molar-refractivity contribution in [2.75, 3.05) is 19.7 Å². The Hall–Kier alpha value is -2.32. The number of benzene rings is 1. The summed E-state index contributed by atoms with van der Waals surface area (Å²) in [6.45, 7) is 1.06. The number of aromatic nitrogens is 2. The SMILES string of the molecule is NN1CCOC(=C(c2ccccc2C(F)(F)F)n2ccnc2)C1. The maximum Gasteiger partial charge on any atom is 0.417 e. The molecule has 1 aliphatic rings. The molecule has 0 aliphatic carbocycles. The number of hydrogen-bond acceptors (Lipinski definition) is 4. The van der Waals surface area contributed by atoms with Crippen LogP contribution >= 0.6 is 0 Å². The standard InChI is InChI=1S/C15H15F3N4O/c16-15(17,18)12-4-2-1-3-11(12)14(21-6-5-20-10-21)13-9-22(19)7-8-23-13/h1-6,10H,7-9,19H2. The van der Waals surface area contributed by atoms with Crippen molar-refractivity contribution in [1.82, 2.24) is 14.6 Å². The molecule has 1 aromatic heterocycles. The minimum Gasteiger partial charge on any atom is -0.493 e. The number of rotatable bonds is 2. The van der Waals surface area contributed by atoms with Gasteiger partial charge >= 0.3 is 6.18 Å². The van der Waals surface area contributed by atoms with Gasteiger partial charge in [-0.25, -0.2) is 9.99 Å². The Morgan fingerprint density at radius 3 is 2.70 bits per heavy atom. The quantitative estimate of drug-likeness (QED) is 0.862. The maximum absolute atomic E-state index is 13.4. The number of ether oxygens (including phenoxy) is 1. The normalized spacial score (nSPS) is 18.6. The van der Waals surface area contributed by atoms with Gasteiger partial charge in [0, 0.05) is 24.5 Å². The second-order valence-electron chi connectivity index (χ2n) is 5.10. The van der Waals surface area contributed by atoms with Crippen LogP contribution in [0, 0.1) is 0 Å². The third-order valence-electron chi connectivity index (χ3n) is 3.52. The monoisotopic (exact) mass is 324 g/mol. The molecule has 0 unspecified atom stereocenters. The van der Waals surface area contributed by atoms with Crippen LogP contribution in [-0.2, 0) is 10.9 Å². The Bertz CT molecular complexity index is 710. The topological polar surface area (TPSA) is 56.3 Å². The highest BCUT2D eigenvalue weighted by Crippen LogP contribution is 2.36. The van der Waals surface area contributed by atoms with E-state index in [1.165, 1.54) is 34.2 Å². The zero-order valence-electron chi connectivity index (χ0n) is 12.1. The fourth-order valence-electron chi connectivity index (χ4n) is 2.50. The smallest absolute Gasteiger partial charge is 0.417 e. The first-order chi connectivity index (χ1) is 11.0. The molecule has 0 spiro atoms. The minimum atomic E-state index is -4.47. The van der Waals surface area contributed by atoms with Crippen molar-refractivity contribution in [3.05, 3.63) is 59.9 Å². The Morgan fingerprint density at radius 2 is 2.04 bits per heavy atom. The molecule has 0 radical (unpaired) electrons. The molecule has 23 heavy (non-hydrogen) atoms. The molecule has 1 aromatic carbocycles. The van der Waals surface area contributed by atoms with E-state index in [-0.39, 0.29) is 12.1 Å². The molecule has 5 nitrogen and oxygen atoms in total. The summed E-state index contributed by atoms with van der Waals surface area (Å²) in [5.74, 6) is 6.17. The van der Waals surface area contributed by atoms with Gasteiger partial charge in [0.05, 0.1) is 24.1 Å². The summed E-state index contributed by atoms with van der Waals surface area (Å²) in [7, 11) is 0. The van der Waals surface area contributed by atoms with Gasteiger partial charge in [0.2, 0.25) is 0 Å². The van der Waals surface area contributed by atoms with Crippen molar-refractivity contribution in [3.63, 3.8) is 0 Å². The molecule has 0 amide bonds. The Kier molecular flexibility index (Phi) is 4.10. The van der Waals surface area contributed by atoms with E-state index in [4.69, 9.17) is 10.6 Å². The zero-order valence-corrected chi connectivity index (χ0v) is 12.1. The lowest BCUT2D eigenvalue weighted by molar-refractivity contribution is -0.137. The third kappa shape index (κ3) is 3.22. The van der Waals surface area contributed by atoms with Crippen LogP contribution in [0.5, 0.6) is 0 Å². The Balaban J connectivity index is 2.20. The second kappa shape index (κ2) is 6.05. The molecule has 1 saturated heterocycles. The Morgan fingerprint density at radius 1 is 1.26 bits per heavy atom. The largest absolute Gasteiger partial charge is 0.493 e. The summed E-state index contributed by atoms with van der Waals surface area (Å²) >= 11 is 0. The van der Waals surface area contributed by atoms with Crippen LogP contribution in [0.2, 0.25) is 0 Å². The molecule has 1 fully saturated rings. The number of nitrogens with two attached hydrogens (primary N) is 1. The number of imidazole rings is 1. The van der Waals surface area contributed by atoms with Crippen LogP contribution in [0.25, 0.3) is 5.70 Å². The molecule has 0 atom stereocenters. The van der Waals surface area contributed by atoms with Crippen LogP contribution in [0.1, 0.15) is 11.1 Å². The molecule has 0 bridgehead atoms. The van der Waals surface area contributed by atoms with E-state index in [9.17, 15) is 13.2 Å². The van der Waals surface area contributed by atoms with Crippen molar-refractivity contribution < 1.29 is 17.9 Å². The fourth-order valence-corrected chi connectivity index (χ4v) is 2.50. The van der Waals surface area contributed by atoms with Crippen molar-refractivity contribution in [2.45, 2.75) is 6.18 Å². The predicted octanol–water partition coefficient (Wildman–Crippen LogP) is 2.32. The van der Waals surface area contributed by atoms with E-state index < -0.39 is 11.7 Å². The first-order valence-corrected chi connectivity index (χ1v) is 6.97. The summed E-state index contributed by atoms with van der Waals surface area (Å²) in [5, 5.41) is 1.51. The number of morpholine rings is 1. The van der Waals surface area contributed by atoms with Gasteiger partial charge in [-0.05, 0) is 6.07 Å². The van der Waals surface area contributed by atoms with Gasteiger partial charge in [0.15, 0.2) is 0 Å². The highest BCUT2D eigenvalue weighted by atomic mass is 19.4. The van der Waals surface area contributed by atoms with E-state index in [1.807, 2.05) is 0 Å². The summed E-state index contributed by atoms with van der Waals surface area (Å²) in [6, 6.07) is 5.39. The lowest BCUT2D eigenvalue weighted by Crippen LogP contribution is -2.40. The molecular weight excluding hydrogens is 309 g/mol. The average Bonchev–Trinajstić information content (AvgIpc) is 3.01. The van der Waals surface area contributed by atoms with Gasteiger partial charge in [-0.1, -0.05) is 18.2 Å². The van der Waals surface area contributed by atoms with Crippen LogP contribution in [0.15, 0.2) is 48.7 Å². The van der Waals surface area contributed by atoms with Crippen molar-refractivity contribution >= 4 is 5.70 Å². The molecule has 2 N–H and O–H groups in total. The molecule has 8 heteroatoms. The van der Waals surface area contributed by atoms with Gasteiger partial charge in [0.25, 0.3) is 0 Å². The summed E-state index contributed by atoms with van der Waals surface area (Å²) in [4.78, 5) is 3.92. The number of alkyl halides is 3. The van der Waals surface area contributed by atoms with E-state index in [1.54, 1.807) is 12.3 Å². The second-order valence-corrected chi connectivity index (χ2v) is 5.10. The third-order valence-corrected chi connectivity index (χ3v) is 3.52. The fraction of sp³-hybridized carbons (Fsp3) is 0.267. The van der Waals surface area contributed by atoms with Gasteiger partial charge in [-0.2, -0.15) is 13.2 Å². The van der Waals surface area contributed by atoms with E-state index >= 15 is 0 Å².